The number of anilines is 2. The lowest BCUT2D eigenvalue weighted by Gasteiger charge is -2.26. The average Bonchev–Trinajstić information content (AvgIpc) is 2.88. The van der Waals surface area contributed by atoms with E-state index in [1.54, 1.807) is 19.1 Å². The number of rotatable bonds is 8. The zero-order chi connectivity index (χ0) is 28.1. The summed E-state index contributed by atoms with van der Waals surface area (Å²) in [5, 5.41) is 5.40. The Hall–Kier alpha value is -4.34. The highest BCUT2D eigenvalue weighted by atomic mass is 35.5. The van der Waals surface area contributed by atoms with Crippen molar-refractivity contribution in [3.8, 4) is 11.5 Å². The highest BCUT2D eigenvalue weighted by molar-refractivity contribution is 6.39. The van der Waals surface area contributed by atoms with Crippen molar-refractivity contribution in [2.45, 2.75) is 13.8 Å². The molecule has 11 heteroatoms. The molecule has 1 aliphatic rings. The molecule has 0 bridgehead atoms. The van der Waals surface area contributed by atoms with Crippen LogP contribution in [0.1, 0.15) is 18.1 Å². The Morgan fingerprint density at radius 1 is 1.00 bits per heavy atom. The molecule has 1 fully saturated rings. The molecule has 1 heterocycles. The smallest absolute Gasteiger partial charge is 0.335 e. The maximum Gasteiger partial charge on any atom is 0.335 e. The Morgan fingerprint density at radius 3 is 2.36 bits per heavy atom. The number of amides is 5. The Bertz CT molecular complexity index is 1470. The first-order chi connectivity index (χ1) is 18.7. The standard InChI is InChI=1S/C28H23Cl2N3O6/c1-3-38-23-14-17(13-22(30)25(23)39-15-24(34)31-19-8-4-16(2)5-9-19)12-21-26(35)32-28(37)33(27(21)36)20-10-6-18(29)7-11-20/h4-14H,3,15H2,1-2H3,(H,31,34)(H,32,35,37)/b21-12+. The normalized spacial score (nSPS) is 14.3. The Labute approximate surface area is 234 Å². The first-order valence-corrected chi connectivity index (χ1v) is 12.5. The molecule has 0 spiro atoms. The summed E-state index contributed by atoms with van der Waals surface area (Å²) in [6.07, 6.45) is 1.29. The third-order valence-electron chi connectivity index (χ3n) is 5.51. The second kappa shape index (κ2) is 12.0. The van der Waals surface area contributed by atoms with Crippen molar-refractivity contribution < 1.29 is 28.7 Å². The molecule has 9 nitrogen and oxygen atoms in total. The van der Waals surface area contributed by atoms with Crippen LogP contribution < -0.4 is 25.0 Å². The van der Waals surface area contributed by atoms with Crippen LogP contribution in [-0.4, -0.2) is 37.0 Å². The van der Waals surface area contributed by atoms with Gasteiger partial charge in [-0.1, -0.05) is 40.9 Å². The van der Waals surface area contributed by atoms with Crippen LogP contribution in [0.15, 0.2) is 66.2 Å². The summed E-state index contributed by atoms with van der Waals surface area (Å²) in [7, 11) is 0. The molecule has 0 unspecified atom stereocenters. The minimum Gasteiger partial charge on any atom is -0.490 e. The first-order valence-electron chi connectivity index (χ1n) is 11.8. The van der Waals surface area contributed by atoms with Gasteiger partial charge in [0.05, 0.1) is 17.3 Å². The van der Waals surface area contributed by atoms with Crippen LogP contribution in [0.25, 0.3) is 6.08 Å². The van der Waals surface area contributed by atoms with Crippen molar-refractivity contribution in [1.29, 1.82) is 0 Å². The number of urea groups is 1. The summed E-state index contributed by atoms with van der Waals surface area (Å²) >= 11 is 12.4. The van der Waals surface area contributed by atoms with Gasteiger partial charge < -0.3 is 14.8 Å². The Balaban J connectivity index is 1.57. The van der Waals surface area contributed by atoms with Crippen LogP contribution in [0, 0.1) is 6.92 Å². The third kappa shape index (κ3) is 6.57. The molecule has 0 saturated carbocycles. The Kier molecular flexibility index (Phi) is 8.53. The number of hydrogen-bond donors (Lipinski definition) is 2. The van der Waals surface area contributed by atoms with E-state index in [4.69, 9.17) is 32.7 Å². The maximum absolute atomic E-state index is 13.2. The Morgan fingerprint density at radius 2 is 1.69 bits per heavy atom. The van der Waals surface area contributed by atoms with Crippen molar-refractivity contribution in [2.24, 2.45) is 0 Å². The first kappa shape index (κ1) is 27.7. The number of imide groups is 2. The van der Waals surface area contributed by atoms with E-state index in [9.17, 15) is 19.2 Å². The largest absolute Gasteiger partial charge is 0.490 e. The van der Waals surface area contributed by atoms with Crippen molar-refractivity contribution in [1.82, 2.24) is 5.32 Å². The SMILES string of the molecule is CCOc1cc(/C=C2\C(=O)NC(=O)N(c3ccc(Cl)cc3)C2=O)cc(Cl)c1OCC(=O)Nc1ccc(C)cc1. The number of halogens is 2. The van der Waals surface area contributed by atoms with Crippen LogP contribution in [0.2, 0.25) is 10.0 Å². The van der Waals surface area contributed by atoms with Gasteiger partial charge in [-0.15, -0.1) is 0 Å². The van der Waals surface area contributed by atoms with Gasteiger partial charge in [0.1, 0.15) is 5.57 Å². The van der Waals surface area contributed by atoms with Crippen LogP contribution in [0.4, 0.5) is 16.2 Å². The van der Waals surface area contributed by atoms with Crippen LogP contribution >= 0.6 is 23.2 Å². The molecule has 200 valence electrons. The fourth-order valence-electron chi connectivity index (χ4n) is 3.69. The lowest BCUT2D eigenvalue weighted by molar-refractivity contribution is -0.122. The van der Waals surface area contributed by atoms with Gasteiger partial charge in [0.15, 0.2) is 18.1 Å². The van der Waals surface area contributed by atoms with Gasteiger partial charge in [-0.2, -0.15) is 0 Å². The van der Waals surface area contributed by atoms with Crippen molar-refractivity contribution in [2.75, 3.05) is 23.4 Å². The minimum absolute atomic E-state index is 0.0882. The van der Waals surface area contributed by atoms with Crippen LogP contribution in [0.3, 0.4) is 0 Å². The average molecular weight is 568 g/mol. The van der Waals surface area contributed by atoms with Gasteiger partial charge in [-0.3, -0.25) is 19.7 Å². The number of benzene rings is 3. The van der Waals surface area contributed by atoms with E-state index in [1.807, 2.05) is 19.1 Å². The lowest BCUT2D eigenvalue weighted by Crippen LogP contribution is -2.54. The molecule has 3 aromatic carbocycles. The topological polar surface area (TPSA) is 114 Å². The molecule has 0 aliphatic carbocycles. The quantitative estimate of drug-likeness (QED) is 0.279. The number of hydrogen-bond acceptors (Lipinski definition) is 6. The highest BCUT2D eigenvalue weighted by Gasteiger charge is 2.36. The molecular formula is C28H23Cl2N3O6. The van der Waals surface area contributed by atoms with Gasteiger partial charge in [-0.05, 0) is 74.0 Å². The van der Waals surface area contributed by atoms with Crippen LogP contribution in [-0.2, 0) is 14.4 Å². The monoisotopic (exact) mass is 567 g/mol. The highest BCUT2D eigenvalue weighted by Crippen LogP contribution is 2.37. The molecule has 0 radical (unpaired) electrons. The summed E-state index contributed by atoms with van der Waals surface area (Å²) < 4.78 is 11.3. The van der Waals surface area contributed by atoms with Gasteiger partial charge in [0, 0.05) is 10.7 Å². The predicted molar refractivity (Wildman–Crippen MR) is 148 cm³/mol. The fourth-order valence-corrected chi connectivity index (χ4v) is 4.09. The maximum atomic E-state index is 13.2. The molecule has 1 aliphatic heterocycles. The summed E-state index contributed by atoms with van der Waals surface area (Å²) in [6, 6.07) is 15.4. The van der Waals surface area contributed by atoms with E-state index in [2.05, 4.69) is 10.6 Å². The van der Waals surface area contributed by atoms with Crippen molar-refractivity contribution in [3.05, 3.63) is 87.4 Å². The van der Waals surface area contributed by atoms with E-state index >= 15 is 0 Å². The van der Waals surface area contributed by atoms with Crippen molar-refractivity contribution in [3.63, 3.8) is 0 Å². The second-order valence-corrected chi connectivity index (χ2v) is 9.24. The van der Waals surface area contributed by atoms with E-state index in [0.717, 1.165) is 10.5 Å². The van der Waals surface area contributed by atoms with Gasteiger partial charge >= 0.3 is 6.03 Å². The fraction of sp³-hybridized carbons (Fsp3) is 0.143. The van der Waals surface area contributed by atoms with Gasteiger partial charge in [0.2, 0.25) is 0 Å². The van der Waals surface area contributed by atoms with Gasteiger partial charge in [0.25, 0.3) is 17.7 Å². The van der Waals surface area contributed by atoms with E-state index < -0.39 is 23.8 Å². The molecule has 3 aromatic rings. The molecule has 0 aromatic heterocycles. The summed E-state index contributed by atoms with van der Waals surface area (Å²) in [4.78, 5) is 51.4. The van der Waals surface area contributed by atoms with E-state index in [1.165, 1.54) is 42.5 Å². The number of barbiturate groups is 1. The zero-order valence-electron chi connectivity index (χ0n) is 20.9. The van der Waals surface area contributed by atoms with E-state index in [0.29, 0.717) is 16.3 Å². The summed E-state index contributed by atoms with van der Waals surface area (Å²) in [6.45, 7) is 3.60. The number of nitrogens with zero attached hydrogens (tertiary/aromatic N) is 1. The lowest BCUT2D eigenvalue weighted by atomic mass is 10.1. The third-order valence-corrected chi connectivity index (χ3v) is 6.04. The minimum atomic E-state index is -0.884. The molecule has 39 heavy (non-hydrogen) atoms. The molecule has 4 rings (SSSR count). The molecule has 2 N–H and O–H groups in total. The number of carbonyl (C=O) groups is 4. The van der Waals surface area contributed by atoms with Gasteiger partial charge in [-0.25, -0.2) is 9.69 Å². The summed E-state index contributed by atoms with van der Waals surface area (Å²) in [5.74, 6) is -1.77. The second-order valence-electron chi connectivity index (χ2n) is 8.40. The number of ether oxygens (including phenoxy) is 2. The number of nitrogens with one attached hydrogen (secondary N) is 2. The van der Waals surface area contributed by atoms with E-state index in [-0.39, 0.29) is 41.0 Å². The number of carbonyl (C=O) groups excluding carboxylic acids is 4. The van der Waals surface area contributed by atoms with Crippen molar-refractivity contribution >= 4 is 64.4 Å². The van der Waals surface area contributed by atoms with Crippen LogP contribution in [0.5, 0.6) is 11.5 Å². The molecule has 1 saturated heterocycles. The zero-order valence-corrected chi connectivity index (χ0v) is 22.4. The predicted octanol–water partition coefficient (Wildman–Crippen LogP) is 5.38. The number of aryl methyl sites for hydroxylation is 1. The molecule has 0 atom stereocenters. The summed E-state index contributed by atoms with van der Waals surface area (Å²) in [5.41, 5.74) is 1.96. The molecular weight excluding hydrogens is 545 g/mol. The molecule has 5 amide bonds.